The van der Waals surface area contributed by atoms with Crippen LogP contribution in [0.15, 0.2) is 55.2 Å². The molecule has 21 heavy (non-hydrogen) atoms. The van der Waals surface area contributed by atoms with Crippen LogP contribution in [0.1, 0.15) is 16.8 Å². The highest BCUT2D eigenvalue weighted by molar-refractivity contribution is 6.36. The van der Waals surface area contributed by atoms with E-state index in [1.807, 2.05) is 36.4 Å². The van der Waals surface area contributed by atoms with Gasteiger partial charge in [-0.3, -0.25) is 14.6 Å². The van der Waals surface area contributed by atoms with E-state index in [-0.39, 0.29) is 6.42 Å². The maximum Gasteiger partial charge on any atom is 0.288 e. The third kappa shape index (κ3) is 4.38. The highest BCUT2D eigenvalue weighted by atomic mass is 16.2. The molecule has 1 amide bonds. The summed E-state index contributed by atoms with van der Waals surface area (Å²) in [6.07, 6.45) is 3.29. The maximum atomic E-state index is 11.8. The predicted octanol–water partition coefficient (Wildman–Crippen LogP) is 2.15. The van der Waals surface area contributed by atoms with Gasteiger partial charge in [-0.15, -0.1) is 0 Å². The van der Waals surface area contributed by atoms with Crippen molar-refractivity contribution in [1.82, 2.24) is 10.3 Å². The van der Waals surface area contributed by atoms with Gasteiger partial charge in [0.05, 0.1) is 6.42 Å². The number of amides is 1. The van der Waals surface area contributed by atoms with Gasteiger partial charge < -0.3 is 5.32 Å². The van der Waals surface area contributed by atoms with E-state index < -0.39 is 11.7 Å². The molecule has 0 fully saturated rings. The van der Waals surface area contributed by atoms with E-state index in [1.165, 1.54) is 0 Å². The van der Waals surface area contributed by atoms with Gasteiger partial charge >= 0.3 is 0 Å². The quantitative estimate of drug-likeness (QED) is 0.825. The molecule has 4 heteroatoms. The molecule has 4 nitrogen and oxygen atoms in total. The molecule has 0 saturated heterocycles. The van der Waals surface area contributed by atoms with Crippen molar-refractivity contribution in [3.63, 3.8) is 0 Å². The Hall–Kier alpha value is -2.75. The van der Waals surface area contributed by atoms with Gasteiger partial charge in [0.25, 0.3) is 5.91 Å². The van der Waals surface area contributed by atoms with Gasteiger partial charge in [-0.25, -0.2) is 0 Å². The van der Waals surface area contributed by atoms with E-state index in [0.29, 0.717) is 12.2 Å². The number of aromatic nitrogens is 1. The van der Waals surface area contributed by atoms with E-state index in [2.05, 4.69) is 16.9 Å². The second kappa shape index (κ2) is 7.14. The number of nitrogens with one attached hydrogen (secondary N) is 1. The molecule has 0 aliphatic heterocycles. The largest absolute Gasteiger partial charge is 0.345 e. The monoisotopic (exact) mass is 280 g/mol. The normalized spacial score (nSPS) is 9.90. The molecule has 106 valence electrons. The SMILES string of the molecule is C=Cc1ccc(CC(=O)C(=O)NCc2ccccc2)nc1. The van der Waals surface area contributed by atoms with Crippen LogP contribution in [0.3, 0.4) is 0 Å². The van der Waals surface area contributed by atoms with Gasteiger partial charge in [-0.05, 0) is 17.2 Å². The first kappa shape index (κ1) is 14.7. The van der Waals surface area contributed by atoms with Crippen LogP contribution in [0.4, 0.5) is 0 Å². The Bertz CT molecular complexity index is 634. The topological polar surface area (TPSA) is 59.1 Å². The van der Waals surface area contributed by atoms with Crippen molar-refractivity contribution in [2.24, 2.45) is 0 Å². The van der Waals surface area contributed by atoms with Gasteiger partial charge in [-0.2, -0.15) is 0 Å². The minimum atomic E-state index is -0.589. The maximum absolute atomic E-state index is 11.8. The summed E-state index contributed by atoms with van der Waals surface area (Å²) >= 11 is 0. The molecular formula is C17H16N2O2. The third-order valence-corrected chi connectivity index (χ3v) is 2.97. The molecule has 2 aromatic rings. The second-order valence-electron chi connectivity index (χ2n) is 4.56. The Morgan fingerprint density at radius 2 is 1.90 bits per heavy atom. The van der Waals surface area contributed by atoms with Crippen LogP contribution in [0.5, 0.6) is 0 Å². The van der Waals surface area contributed by atoms with Crippen LogP contribution in [-0.2, 0) is 22.6 Å². The van der Waals surface area contributed by atoms with E-state index >= 15 is 0 Å². The number of carbonyl (C=O) groups is 2. The molecule has 0 atom stereocenters. The van der Waals surface area contributed by atoms with Gasteiger partial charge in [0.2, 0.25) is 5.78 Å². The molecule has 0 bridgehead atoms. The summed E-state index contributed by atoms with van der Waals surface area (Å²) in [4.78, 5) is 27.7. The fraction of sp³-hybridized carbons (Fsp3) is 0.118. The average molecular weight is 280 g/mol. The zero-order valence-corrected chi connectivity index (χ0v) is 11.6. The van der Waals surface area contributed by atoms with Crippen LogP contribution in [0.25, 0.3) is 6.08 Å². The Labute approximate surface area is 123 Å². The molecule has 1 N–H and O–H groups in total. The van der Waals surface area contributed by atoms with Crippen molar-refractivity contribution in [2.45, 2.75) is 13.0 Å². The third-order valence-electron chi connectivity index (χ3n) is 2.97. The van der Waals surface area contributed by atoms with E-state index in [0.717, 1.165) is 11.1 Å². The zero-order valence-electron chi connectivity index (χ0n) is 11.6. The fourth-order valence-electron chi connectivity index (χ4n) is 1.78. The first-order chi connectivity index (χ1) is 10.2. The summed E-state index contributed by atoms with van der Waals surface area (Å²) < 4.78 is 0. The number of benzene rings is 1. The summed E-state index contributed by atoms with van der Waals surface area (Å²) in [6, 6.07) is 13.0. The standard InChI is InChI=1S/C17H16N2O2/c1-2-13-8-9-15(18-11-13)10-16(20)17(21)19-12-14-6-4-3-5-7-14/h2-9,11H,1,10,12H2,(H,19,21). The van der Waals surface area contributed by atoms with Crippen molar-refractivity contribution < 1.29 is 9.59 Å². The number of pyridine rings is 1. The Kier molecular flexibility index (Phi) is 4.99. The minimum Gasteiger partial charge on any atom is -0.345 e. The summed E-state index contributed by atoms with van der Waals surface area (Å²) in [5.74, 6) is -1.08. The molecule has 0 radical (unpaired) electrons. The Morgan fingerprint density at radius 3 is 2.52 bits per heavy atom. The van der Waals surface area contributed by atoms with Crippen molar-refractivity contribution in [2.75, 3.05) is 0 Å². The highest BCUT2D eigenvalue weighted by Crippen LogP contribution is 2.03. The molecule has 0 aliphatic carbocycles. The van der Waals surface area contributed by atoms with Crippen LogP contribution < -0.4 is 5.32 Å². The average Bonchev–Trinajstić information content (AvgIpc) is 2.54. The number of carbonyl (C=O) groups excluding carboxylic acids is 2. The molecule has 2 rings (SSSR count). The van der Waals surface area contributed by atoms with E-state index in [9.17, 15) is 9.59 Å². The lowest BCUT2D eigenvalue weighted by molar-refractivity contribution is -0.137. The predicted molar refractivity (Wildman–Crippen MR) is 81.3 cm³/mol. The first-order valence-corrected chi connectivity index (χ1v) is 6.61. The number of ketones is 1. The van der Waals surface area contributed by atoms with Crippen LogP contribution in [-0.4, -0.2) is 16.7 Å². The number of hydrogen-bond donors (Lipinski definition) is 1. The number of rotatable bonds is 6. The number of nitrogens with zero attached hydrogens (tertiary/aromatic N) is 1. The molecule has 1 aromatic carbocycles. The number of Topliss-reactive ketones (excluding diaryl/α,β-unsaturated/α-hetero) is 1. The summed E-state index contributed by atoms with van der Waals surface area (Å²) in [5.41, 5.74) is 2.40. The van der Waals surface area contributed by atoms with Gasteiger partial charge in [0.15, 0.2) is 0 Å². The van der Waals surface area contributed by atoms with E-state index in [1.54, 1.807) is 18.3 Å². The van der Waals surface area contributed by atoms with Crippen molar-refractivity contribution in [3.8, 4) is 0 Å². The lowest BCUT2D eigenvalue weighted by Crippen LogP contribution is -2.31. The van der Waals surface area contributed by atoms with Crippen LogP contribution >= 0.6 is 0 Å². The van der Waals surface area contributed by atoms with Crippen LogP contribution in [0, 0.1) is 0 Å². The van der Waals surface area contributed by atoms with Gasteiger partial charge in [0.1, 0.15) is 0 Å². The first-order valence-electron chi connectivity index (χ1n) is 6.61. The van der Waals surface area contributed by atoms with Gasteiger partial charge in [0, 0.05) is 18.4 Å². The summed E-state index contributed by atoms with van der Waals surface area (Å²) in [6.45, 7) is 3.97. The minimum absolute atomic E-state index is 0.00194. The smallest absolute Gasteiger partial charge is 0.288 e. The Balaban J connectivity index is 1.87. The number of hydrogen-bond acceptors (Lipinski definition) is 3. The molecule has 0 aliphatic rings. The molecule has 0 unspecified atom stereocenters. The van der Waals surface area contributed by atoms with Crippen molar-refractivity contribution in [3.05, 3.63) is 72.1 Å². The Morgan fingerprint density at radius 1 is 1.14 bits per heavy atom. The lowest BCUT2D eigenvalue weighted by Gasteiger charge is -2.04. The highest BCUT2D eigenvalue weighted by Gasteiger charge is 2.14. The van der Waals surface area contributed by atoms with E-state index in [4.69, 9.17) is 0 Å². The summed E-state index contributed by atoms with van der Waals surface area (Å²) in [7, 11) is 0. The molecule has 1 aromatic heterocycles. The summed E-state index contributed by atoms with van der Waals surface area (Å²) in [5, 5.41) is 2.61. The van der Waals surface area contributed by atoms with Gasteiger partial charge in [-0.1, -0.05) is 49.1 Å². The molecule has 0 spiro atoms. The van der Waals surface area contributed by atoms with Crippen molar-refractivity contribution in [1.29, 1.82) is 0 Å². The molecular weight excluding hydrogens is 264 g/mol. The second-order valence-corrected chi connectivity index (χ2v) is 4.56. The van der Waals surface area contributed by atoms with Crippen LogP contribution in [0.2, 0.25) is 0 Å². The van der Waals surface area contributed by atoms with Crippen molar-refractivity contribution >= 4 is 17.8 Å². The molecule has 0 saturated carbocycles. The molecule has 1 heterocycles. The zero-order chi connectivity index (χ0) is 15.1. The lowest BCUT2D eigenvalue weighted by atomic mass is 10.1. The fourth-order valence-corrected chi connectivity index (χ4v) is 1.78.